The first kappa shape index (κ1) is 12.6. The van der Waals surface area contributed by atoms with E-state index in [0.717, 1.165) is 0 Å². The SMILES string of the molecule is C[C@@H]1C[C@@H]2[C@@H](O)N=C(N)N[C@]23[C@H](O)C(=O)O[C@H]1[C@@H]3O. The molecule has 8 heteroatoms. The monoisotopic (exact) mass is 271 g/mol. The third-order valence-electron chi connectivity index (χ3n) is 4.50. The summed E-state index contributed by atoms with van der Waals surface area (Å²) in [7, 11) is 0. The van der Waals surface area contributed by atoms with E-state index in [4.69, 9.17) is 10.5 Å². The van der Waals surface area contributed by atoms with Crippen molar-refractivity contribution in [1.29, 1.82) is 0 Å². The number of aliphatic hydroxyl groups excluding tert-OH is 3. The van der Waals surface area contributed by atoms with Crippen molar-refractivity contribution >= 4 is 11.9 Å². The number of hydrogen-bond acceptors (Lipinski definition) is 8. The van der Waals surface area contributed by atoms with Crippen LogP contribution in [0.2, 0.25) is 0 Å². The summed E-state index contributed by atoms with van der Waals surface area (Å²) < 4.78 is 5.07. The maximum Gasteiger partial charge on any atom is 0.337 e. The number of guanidine groups is 1. The van der Waals surface area contributed by atoms with Crippen LogP contribution in [0.1, 0.15) is 13.3 Å². The Labute approximate surface area is 109 Å². The van der Waals surface area contributed by atoms with Crippen molar-refractivity contribution in [1.82, 2.24) is 5.32 Å². The minimum atomic E-state index is -1.60. The second kappa shape index (κ2) is 3.81. The van der Waals surface area contributed by atoms with E-state index in [-0.39, 0.29) is 11.9 Å². The summed E-state index contributed by atoms with van der Waals surface area (Å²) >= 11 is 0. The molecule has 6 N–H and O–H groups in total. The van der Waals surface area contributed by atoms with Gasteiger partial charge in [0.05, 0.1) is 0 Å². The van der Waals surface area contributed by atoms with Gasteiger partial charge in [-0.2, -0.15) is 0 Å². The van der Waals surface area contributed by atoms with Crippen LogP contribution in [-0.4, -0.2) is 57.3 Å². The number of ether oxygens (including phenoxy) is 1. The van der Waals surface area contributed by atoms with E-state index in [1.54, 1.807) is 0 Å². The predicted molar refractivity (Wildman–Crippen MR) is 62.7 cm³/mol. The van der Waals surface area contributed by atoms with Gasteiger partial charge in [-0.25, -0.2) is 9.79 Å². The predicted octanol–water partition coefficient (Wildman–Crippen LogP) is -2.74. The highest BCUT2D eigenvalue weighted by Crippen LogP contribution is 2.47. The van der Waals surface area contributed by atoms with Crippen molar-refractivity contribution < 1.29 is 24.9 Å². The lowest BCUT2D eigenvalue weighted by Gasteiger charge is -2.58. The molecule has 0 unspecified atom stereocenters. The van der Waals surface area contributed by atoms with E-state index in [1.807, 2.05) is 6.92 Å². The Morgan fingerprint density at radius 3 is 2.84 bits per heavy atom. The summed E-state index contributed by atoms with van der Waals surface area (Å²) in [6.45, 7) is 1.82. The topological polar surface area (TPSA) is 137 Å². The maximum atomic E-state index is 11.8. The summed E-state index contributed by atoms with van der Waals surface area (Å²) in [6.07, 6.45) is -4.19. The van der Waals surface area contributed by atoms with Crippen LogP contribution < -0.4 is 11.1 Å². The number of rotatable bonds is 0. The van der Waals surface area contributed by atoms with Crippen molar-refractivity contribution in [3.05, 3.63) is 0 Å². The second-order valence-corrected chi connectivity index (χ2v) is 5.55. The van der Waals surface area contributed by atoms with Gasteiger partial charge in [0.15, 0.2) is 18.3 Å². The van der Waals surface area contributed by atoms with Crippen LogP contribution in [0.5, 0.6) is 0 Å². The molecule has 0 radical (unpaired) electrons. The number of fused-ring (bicyclic) bond motifs is 1. The highest BCUT2D eigenvalue weighted by molar-refractivity contribution is 5.84. The Morgan fingerprint density at radius 1 is 1.47 bits per heavy atom. The van der Waals surface area contributed by atoms with Gasteiger partial charge < -0.3 is 31.1 Å². The average molecular weight is 271 g/mol. The molecule has 19 heavy (non-hydrogen) atoms. The largest absolute Gasteiger partial charge is 0.457 e. The molecule has 0 aromatic rings. The highest BCUT2D eigenvalue weighted by atomic mass is 16.6. The van der Waals surface area contributed by atoms with Gasteiger partial charge in [-0.1, -0.05) is 6.92 Å². The number of nitrogens with two attached hydrogens (primary N) is 1. The lowest BCUT2D eigenvalue weighted by molar-refractivity contribution is -0.235. The minimum Gasteiger partial charge on any atom is -0.457 e. The molecule has 2 bridgehead atoms. The zero-order valence-electron chi connectivity index (χ0n) is 10.4. The van der Waals surface area contributed by atoms with Gasteiger partial charge >= 0.3 is 5.97 Å². The number of hydrogen-bond donors (Lipinski definition) is 5. The van der Waals surface area contributed by atoms with Crippen molar-refractivity contribution in [2.24, 2.45) is 22.6 Å². The Hall–Kier alpha value is -1.38. The molecule has 0 aromatic carbocycles. The van der Waals surface area contributed by atoms with Crippen LogP contribution in [0.4, 0.5) is 0 Å². The minimum absolute atomic E-state index is 0.107. The average Bonchev–Trinajstić information content (AvgIpc) is 2.33. The fourth-order valence-corrected chi connectivity index (χ4v) is 3.56. The van der Waals surface area contributed by atoms with Crippen LogP contribution in [-0.2, 0) is 9.53 Å². The Morgan fingerprint density at radius 2 is 2.16 bits per heavy atom. The van der Waals surface area contributed by atoms with Gasteiger partial charge in [0.25, 0.3) is 0 Å². The molecule has 3 aliphatic rings. The van der Waals surface area contributed by atoms with E-state index in [1.165, 1.54) is 0 Å². The standard InChI is InChI=1S/C11H17N3O5/c1-3-2-4-8(17)13-10(12)14-11(4)6(15)5(3)19-9(18)7(11)16/h3-8,15-17H,2H2,1H3,(H3,12,13,14)/t3-,4-,5-,6+,7-,8-,11-/m1/s1. The molecule has 2 fully saturated rings. The molecule has 106 valence electrons. The first-order valence-corrected chi connectivity index (χ1v) is 6.24. The molecule has 2 heterocycles. The summed E-state index contributed by atoms with van der Waals surface area (Å²) in [5.74, 6) is -1.68. The molecule has 0 amide bonds. The molecule has 2 aliphatic heterocycles. The van der Waals surface area contributed by atoms with Gasteiger partial charge in [0, 0.05) is 5.92 Å². The Balaban J connectivity index is 2.13. The fraction of sp³-hybridized carbons (Fsp3) is 0.818. The van der Waals surface area contributed by atoms with E-state index in [0.29, 0.717) is 6.42 Å². The zero-order valence-corrected chi connectivity index (χ0v) is 10.4. The quantitative estimate of drug-likeness (QED) is 0.301. The molecule has 3 rings (SSSR count). The Bertz CT molecular complexity index is 456. The molecule has 0 aromatic heterocycles. The molecule has 7 atom stereocenters. The van der Waals surface area contributed by atoms with Crippen molar-refractivity contribution in [3.8, 4) is 0 Å². The van der Waals surface area contributed by atoms with Gasteiger partial charge in [0.1, 0.15) is 17.7 Å². The van der Waals surface area contributed by atoms with Crippen molar-refractivity contribution in [2.45, 2.75) is 43.4 Å². The number of aliphatic hydroxyl groups is 3. The van der Waals surface area contributed by atoms with Crippen LogP contribution in [0, 0.1) is 11.8 Å². The lowest BCUT2D eigenvalue weighted by atomic mass is 9.61. The number of aliphatic imine (C=N–C) groups is 1. The summed E-state index contributed by atoms with van der Waals surface area (Å²) in [4.78, 5) is 15.6. The van der Waals surface area contributed by atoms with E-state index < -0.39 is 42.0 Å². The third-order valence-corrected chi connectivity index (χ3v) is 4.50. The maximum absolute atomic E-state index is 11.8. The van der Waals surface area contributed by atoms with Gasteiger partial charge in [-0.05, 0) is 12.3 Å². The summed E-state index contributed by atoms with van der Waals surface area (Å²) in [6, 6.07) is 0. The summed E-state index contributed by atoms with van der Waals surface area (Å²) in [5, 5.41) is 33.3. The van der Waals surface area contributed by atoms with Crippen molar-refractivity contribution in [3.63, 3.8) is 0 Å². The number of nitrogens with one attached hydrogen (secondary N) is 1. The van der Waals surface area contributed by atoms with E-state index in [2.05, 4.69) is 10.3 Å². The van der Waals surface area contributed by atoms with Crippen molar-refractivity contribution in [2.75, 3.05) is 0 Å². The first-order valence-electron chi connectivity index (χ1n) is 6.24. The molecule has 1 saturated carbocycles. The normalized spacial score (nSPS) is 52.6. The number of esters is 1. The number of carbonyl (C=O) groups excluding carboxylic acids is 1. The molecule has 1 aliphatic carbocycles. The smallest absolute Gasteiger partial charge is 0.337 e. The fourth-order valence-electron chi connectivity index (χ4n) is 3.56. The van der Waals surface area contributed by atoms with Crippen LogP contribution in [0.3, 0.4) is 0 Å². The van der Waals surface area contributed by atoms with Crippen LogP contribution >= 0.6 is 0 Å². The number of nitrogens with zero attached hydrogens (tertiary/aromatic N) is 1. The second-order valence-electron chi connectivity index (χ2n) is 5.55. The lowest BCUT2D eigenvalue weighted by Crippen LogP contribution is -2.81. The third kappa shape index (κ3) is 1.44. The van der Waals surface area contributed by atoms with Gasteiger partial charge in [-0.15, -0.1) is 0 Å². The molecule has 1 saturated heterocycles. The highest BCUT2D eigenvalue weighted by Gasteiger charge is 2.67. The first-order chi connectivity index (χ1) is 8.87. The molecular weight excluding hydrogens is 254 g/mol. The Kier molecular flexibility index (Phi) is 2.54. The van der Waals surface area contributed by atoms with Gasteiger partial charge in [-0.3, -0.25) is 0 Å². The van der Waals surface area contributed by atoms with E-state index >= 15 is 0 Å². The molecule has 1 spiro atoms. The van der Waals surface area contributed by atoms with Gasteiger partial charge in [0.2, 0.25) is 0 Å². The summed E-state index contributed by atoms with van der Waals surface area (Å²) in [5.41, 5.74) is 4.14. The molecule has 8 nitrogen and oxygen atoms in total. The number of carbonyl (C=O) groups is 1. The van der Waals surface area contributed by atoms with Crippen LogP contribution in [0.25, 0.3) is 0 Å². The molecular formula is C11H17N3O5. The van der Waals surface area contributed by atoms with E-state index in [9.17, 15) is 20.1 Å². The zero-order chi connectivity index (χ0) is 13.9. The van der Waals surface area contributed by atoms with Crippen LogP contribution in [0.15, 0.2) is 4.99 Å².